The van der Waals surface area contributed by atoms with Crippen molar-refractivity contribution in [2.45, 2.75) is 33.0 Å². The number of hydrogen-bond donors (Lipinski definition) is 1. The second kappa shape index (κ2) is 4.14. The molecule has 0 aliphatic carbocycles. The lowest BCUT2D eigenvalue weighted by molar-refractivity contribution is -0.0536. The van der Waals surface area contributed by atoms with Crippen molar-refractivity contribution < 1.29 is 18.6 Å². The van der Waals surface area contributed by atoms with Crippen LogP contribution in [0.1, 0.15) is 25.0 Å². The molecule has 0 bridgehead atoms. The molecular weight excluding hydrogens is 202 g/mol. The highest BCUT2D eigenvalue weighted by Crippen LogP contribution is 2.33. The number of benzene rings is 1. The Kier molecular flexibility index (Phi) is 3.29. The van der Waals surface area contributed by atoms with Gasteiger partial charge in [-0.25, -0.2) is 0 Å². The SMILES string of the molecule is Cc1cccc(C(C)(C)O)c1OC(F)F. The van der Waals surface area contributed by atoms with Crippen LogP contribution in [-0.4, -0.2) is 11.7 Å². The predicted octanol–water partition coefficient (Wildman–Crippen LogP) is 2.82. The predicted molar refractivity (Wildman–Crippen MR) is 53.1 cm³/mol. The number of halogens is 2. The van der Waals surface area contributed by atoms with Crippen LogP contribution in [0.4, 0.5) is 8.78 Å². The van der Waals surface area contributed by atoms with E-state index in [1.54, 1.807) is 25.1 Å². The first-order chi connectivity index (χ1) is 6.82. The molecule has 1 N–H and O–H groups in total. The Bertz CT molecular complexity index is 343. The van der Waals surface area contributed by atoms with Crippen LogP contribution in [0.15, 0.2) is 18.2 Å². The van der Waals surface area contributed by atoms with Gasteiger partial charge in [-0.1, -0.05) is 18.2 Å². The number of aliphatic hydroxyl groups is 1. The van der Waals surface area contributed by atoms with E-state index in [0.717, 1.165) is 0 Å². The smallest absolute Gasteiger partial charge is 0.387 e. The van der Waals surface area contributed by atoms with E-state index in [4.69, 9.17) is 0 Å². The Morgan fingerprint density at radius 1 is 1.33 bits per heavy atom. The van der Waals surface area contributed by atoms with Gasteiger partial charge in [-0.15, -0.1) is 0 Å². The molecule has 0 aliphatic heterocycles. The van der Waals surface area contributed by atoms with Crippen molar-refractivity contribution >= 4 is 0 Å². The number of ether oxygens (including phenoxy) is 1. The van der Waals surface area contributed by atoms with E-state index in [9.17, 15) is 13.9 Å². The van der Waals surface area contributed by atoms with Crippen LogP contribution < -0.4 is 4.74 Å². The molecule has 1 aromatic rings. The third-order valence-electron chi connectivity index (χ3n) is 2.08. The fraction of sp³-hybridized carbons (Fsp3) is 0.455. The summed E-state index contributed by atoms with van der Waals surface area (Å²) in [6, 6.07) is 4.93. The molecule has 15 heavy (non-hydrogen) atoms. The van der Waals surface area contributed by atoms with Gasteiger partial charge < -0.3 is 9.84 Å². The monoisotopic (exact) mass is 216 g/mol. The van der Waals surface area contributed by atoms with Gasteiger partial charge in [0.2, 0.25) is 0 Å². The lowest BCUT2D eigenvalue weighted by Crippen LogP contribution is -2.18. The molecule has 0 spiro atoms. The fourth-order valence-electron chi connectivity index (χ4n) is 1.38. The van der Waals surface area contributed by atoms with Crippen molar-refractivity contribution in [2.75, 3.05) is 0 Å². The summed E-state index contributed by atoms with van der Waals surface area (Å²) in [5, 5.41) is 9.78. The summed E-state index contributed by atoms with van der Waals surface area (Å²) in [6.07, 6.45) is 0. The van der Waals surface area contributed by atoms with Crippen molar-refractivity contribution in [1.29, 1.82) is 0 Å². The summed E-state index contributed by atoms with van der Waals surface area (Å²) in [5.41, 5.74) is -0.256. The summed E-state index contributed by atoms with van der Waals surface area (Å²) >= 11 is 0. The maximum Gasteiger partial charge on any atom is 0.387 e. The van der Waals surface area contributed by atoms with Gasteiger partial charge >= 0.3 is 6.61 Å². The van der Waals surface area contributed by atoms with E-state index in [1.807, 2.05) is 0 Å². The van der Waals surface area contributed by atoms with Crippen molar-refractivity contribution in [2.24, 2.45) is 0 Å². The van der Waals surface area contributed by atoms with Crippen LogP contribution in [-0.2, 0) is 5.60 Å². The molecule has 2 nitrogen and oxygen atoms in total. The average molecular weight is 216 g/mol. The minimum absolute atomic E-state index is 0.0556. The summed E-state index contributed by atoms with van der Waals surface area (Å²) in [6.45, 7) is 1.83. The van der Waals surface area contributed by atoms with E-state index in [0.29, 0.717) is 11.1 Å². The molecule has 0 aliphatic rings. The highest BCUT2D eigenvalue weighted by molar-refractivity contribution is 5.43. The minimum atomic E-state index is -2.88. The largest absolute Gasteiger partial charge is 0.434 e. The summed E-state index contributed by atoms with van der Waals surface area (Å²) < 4.78 is 28.7. The molecule has 0 saturated heterocycles. The zero-order valence-corrected chi connectivity index (χ0v) is 8.92. The quantitative estimate of drug-likeness (QED) is 0.841. The lowest BCUT2D eigenvalue weighted by Gasteiger charge is -2.22. The molecule has 0 amide bonds. The summed E-state index contributed by atoms with van der Waals surface area (Å²) in [7, 11) is 0. The third kappa shape index (κ3) is 2.89. The fourth-order valence-corrected chi connectivity index (χ4v) is 1.38. The Balaban J connectivity index is 3.21. The molecule has 0 saturated carbocycles. The van der Waals surface area contributed by atoms with Gasteiger partial charge in [-0.05, 0) is 26.3 Å². The topological polar surface area (TPSA) is 29.5 Å². The molecule has 0 fully saturated rings. The van der Waals surface area contributed by atoms with Gasteiger partial charge in [-0.3, -0.25) is 0 Å². The maximum absolute atomic E-state index is 12.2. The number of rotatable bonds is 3. The lowest BCUT2D eigenvalue weighted by atomic mass is 9.95. The maximum atomic E-state index is 12.2. The van der Waals surface area contributed by atoms with Crippen LogP contribution in [0.5, 0.6) is 5.75 Å². The second-order valence-electron chi connectivity index (χ2n) is 3.89. The minimum Gasteiger partial charge on any atom is -0.434 e. The first-order valence-electron chi connectivity index (χ1n) is 4.59. The molecule has 0 atom stereocenters. The Labute approximate surface area is 87.5 Å². The number of aryl methyl sites for hydroxylation is 1. The van der Waals surface area contributed by atoms with Crippen LogP contribution in [0.25, 0.3) is 0 Å². The Hall–Kier alpha value is -1.16. The first kappa shape index (κ1) is 11.9. The third-order valence-corrected chi connectivity index (χ3v) is 2.08. The molecule has 0 unspecified atom stereocenters. The van der Waals surface area contributed by atoms with Gasteiger partial charge in [0.15, 0.2) is 0 Å². The molecule has 1 rings (SSSR count). The Morgan fingerprint density at radius 2 is 1.93 bits per heavy atom. The first-order valence-corrected chi connectivity index (χ1v) is 4.59. The molecular formula is C11H14F2O2. The zero-order chi connectivity index (χ0) is 11.6. The molecule has 0 aromatic heterocycles. The summed E-state index contributed by atoms with van der Waals surface area (Å²) in [5.74, 6) is 0.0556. The highest BCUT2D eigenvalue weighted by atomic mass is 19.3. The van der Waals surface area contributed by atoms with Crippen molar-refractivity contribution in [3.8, 4) is 5.75 Å². The normalized spacial score (nSPS) is 11.9. The van der Waals surface area contributed by atoms with Gasteiger partial charge in [0.05, 0.1) is 5.60 Å². The van der Waals surface area contributed by atoms with E-state index in [1.165, 1.54) is 13.8 Å². The molecule has 4 heteroatoms. The molecule has 1 aromatic carbocycles. The highest BCUT2D eigenvalue weighted by Gasteiger charge is 2.23. The van der Waals surface area contributed by atoms with Crippen molar-refractivity contribution in [1.82, 2.24) is 0 Å². The van der Waals surface area contributed by atoms with Gasteiger partial charge in [0.25, 0.3) is 0 Å². The van der Waals surface area contributed by atoms with Gasteiger partial charge in [0.1, 0.15) is 5.75 Å². The van der Waals surface area contributed by atoms with E-state index in [2.05, 4.69) is 4.74 Å². The van der Waals surface area contributed by atoms with Crippen LogP contribution in [0, 0.1) is 6.92 Å². The second-order valence-corrected chi connectivity index (χ2v) is 3.89. The summed E-state index contributed by atoms with van der Waals surface area (Å²) in [4.78, 5) is 0. The number of hydrogen-bond acceptors (Lipinski definition) is 2. The Morgan fingerprint density at radius 3 is 2.40 bits per heavy atom. The van der Waals surface area contributed by atoms with Crippen LogP contribution in [0.3, 0.4) is 0 Å². The van der Waals surface area contributed by atoms with Crippen LogP contribution >= 0.6 is 0 Å². The molecule has 0 heterocycles. The number of para-hydroxylation sites is 1. The van der Waals surface area contributed by atoms with Crippen LogP contribution in [0.2, 0.25) is 0 Å². The van der Waals surface area contributed by atoms with E-state index in [-0.39, 0.29) is 5.75 Å². The number of alkyl halides is 2. The van der Waals surface area contributed by atoms with E-state index >= 15 is 0 Å². The van der Waals surface area contributed by atoms with Gasteiger partial charge in [0, 0.05) is 5.56 Å². The zero-order valence-electron chi connectivity index (χ0n) is 8.92. The van der Waals surface area contributed by atoms with Crippen molar-refractivity contribution in [3.05, 3.63) is 29.3 Å². The molecule has 84 valence electrons. The van der Waals surface area contributed by atoms with E-state index < -0.39 is 12.2 Å². The average Bonchev–Trinajstić information content (AvgIpc) is 2.05. The van der Waals surface area contributed by atoms with Crippen molar-refractivity contribution in [3.63, 3.8) is 0 Å². The molecule has 0 radical (unpaired) electrons. The standard InChI is InChI=1S/C11H14F2O2/c1-7-5-4-6-8(11(2,3)14)9(7)15-10(12)13/h4-6,10,14H,1-3H3. The van der Waals surface area contributed by atoms with Gasteiger partial charge in [-0.2, -0.15) is 8.78 Å².